The molecule has 3 heterocycles. The number of rotatable bonds is 8. The van der Waals surface area contributed by atoms with Crippen molar-refractivity contribution in [2.45, 2.75) is 6.42 Å². The van der Waals surface area contributed by atoms with Crippen LogP contribution in [0.15, 0.2) is 55.0 Å². The number of non-ortho nitro benzene ring substituents is 1. The van der Waals surface area contributed by atoms with Crippen LogP contribution in [0.2, 0.25) is 0 Å². The zero-order valence-corrected chi connectivity index (χ0v) is 18.4. The molecule has 2 aromatic heterocycles. The Morgan fingerprint density at radius 3 is 2.26 bits per heavy atom. The smallest absolute Gasteiger partial charge is 0.353 e. The number of nitro groups is 2. The van der Waals surface area contributed by atoms with Crippen LogP contribution in [-0.4, -0.2) is 56.9 Å². The van der Waals surface area contributed by atoms with Crippen molar-refractivity contribution in [3.05, 3.63) is 80.8 Å². The molecule has 35 heavy (non-hydrogen) atoms. The summed E-state index contributed by atoms with van der Waals surface area (Å²) in [5.74, 6) is 0.335. The quantitative estimate of drug-likeness (QED) is 0.355. The molecule has 4 rings (SSSR count). The van der Waals surface area contributed by atoms with Crippen LogP contribution in [-0.2, 0) is 11.2 Å². The van der Waals surface area contributed by atoms with Crippen LogP contribution in [0.3, 0.4) is 0 Å². The Bertz CT molecular complexity index is 1220. The van der Waals surface area contributed by atoms with Crippen LogP contribution in [0, 0.1) is 20.2 Å². The van der Waals surface area contributed by atoms with Crippen molar-refractivity contribution < 1.29 is 14.6 Å². The molecule has 0 bridgehead atoms. The number of amides is 1. The van der Waals surface area contributed by atoms with Crippen LogP contribution in [0.4, 0.5) is 28.8 Å². The van der Waals surface area contributed by atoms with Gasteiger partial charge in [0.2, 0.25) is 17.5 Å². The molecule has 2 N–H and O–H groups in total. The number of nitrogens with zero attached hydrogens (tertiary/aromatic N) is 7. The van der Waals surface area contributed by atoms with Gasteiger partial charge in [-0.25, -0.2) is 15.0 Å². The number of carbonyl (C=O) groups is 1. The first-order chi connectivity index (χ1) is 16.9. The Balaban J connectivity index is 1.41. The lowest BCUT2D eigenvalue weighted by Crippen LogP contribution is -2.47. The Kier molecular flexibility index (Phi) is 6.90. The van der Waals surface area contributed by atoms with Gasteiger partial charge in [0.15, 0.2) is 0 Å². The third kappa shape index (κ3) is 5.55. The SMILES string of the molecule is O=C(Cc1ccc([N+](=O)[O-])cc1)NNc1ncnc(N2CCN(c3ccccn3)CC2)c1[N+](=O)[O-]. The van der Waals surface area contributed by atoms with E-state index < -0.39 is 15.8 Å². The van der Waals surface area contributed by atoms with Crippen molar-refractivity contribution >= 4 is 34.7 Å². The van der Waals surface area contributed by atoms with Crippen molar-refractivity contribution in [3.8, 4) is 0 Å². The van der Waals surface area contributed by atoms with Crippen LogP contribution in [0.1, 0.15) is 5.56 Å². The number of nitro benzene ring substituents is 1. The Labute approximate surface area is 198 Å². The van der Waals surface area contributed by atoms with Crippen LogP contribution in [0.5, 0.6) is 0 Å². The van der Waals surface area contributed by atoms with E-state index in [0.29, 0.717) is 31.7 Å². The summed E-state index contributed by atoms with van der Waals surface area (Å²) in [4.78, 5) is 50.1. The largest absolute Gasteiger partial charge is 0.355 e. The van der Waals surface area contributed by atoms with Gasteiger partial charge >= 0.3 is 5.69 Å². The van der Waals surface area contributed by atoms with Gasteiger partial charge < -0.3 is 9.80 Å². The molecule has 1 fully saturated rings. The summed E-state index contributed by atoms with van der Waals surface area (Å²) < 4.78 is 0. The number of hydrogen-bond donors (Lipinski definition) is 2. The molecule has 0 atom stereocenters. The van der Waals surface area contributed by atoms with Gasteiger partial charge in [0.1, 0.15) is 12.1 Å². The summed E-state index contributed by atoms with van der Waals surface area (Å²) in [5, 5.41) is 22.6. The number of hydrazine groups is 1. The van der Waals surface area contributed by atoms with E-state index in [1.54, 1.807) is 11.1 Å². The Hall–Kier alpha value is -4.88. The van der Waals surface area contributed by atoms with Crippen LogP contribution in [0.25, 0.3) is 0 Å². The molecule has 0 saturated carbocycles. The number of piperazine rings is 1. The number of nitrogens with one attached hydrogen (secondary N) is 2. The summed E-state index contributed by atoms with van der Waals surface area (Å²) in [6.07, 6.45) is 2.81. The molecular weight excluding hydrogens is 458 g/mol. The number of pyridine rings is 1. The molecule has 1 amide bonds. The van der Waals surface area contributed by atoms with Crippen molar-refractivity contribution in [1.29, 1.82) is 0 Å². The topological polar surface area (TPSA) is 173 Å². The Morgan fingerprint density at radius 2 is 1.63 bits per heavy atom. The highest BCUT2D eigenvalue weighted by molar-refractivity contribution is 5.81. The molecule has 1 aromatic carbocycles. The van der Waals surface area contributed by atoms with Crippen molar-refractivity contribution in [2.24, 2.45) is 0 Å². The molecule has 14 nitrogen and oxygen atoms in total. The second-order valence-corrected chi connectivity index (χ2v) is 7.59. The summed E-state index contributed by atoms with van der Waals surface area (Å²) in [7, 11) is 0. The molecule has 14 heteroatoms. The number of carbonyl (C=O) groups excluding carboxylic acids is 1. The lowest BCUT2D eigenvalue weighted by Gasteiger charge is -2.35. The van der Waals surface area contributed by atoms with E-state index in [4.69, 9.17) is 0 Å². The first-order valence-corrected chi connectivity index (χ1v) is 10.6. The fourth-order valence-corrected chi connectivity index (χ4v) is 3.64. The van der Waals surface area contributed by atoms with Gasteiger partial charge in [0.25, 0.3) is 5.69 Å². The highest BCUT2D eigenvalue weighted by atomic mass is 16.6. The van der Waals surface area contributed by atoms with Gasteiger partial charge in [-0.05, 0) is 17.7 Å². The second kappa shape index (κ2) is 10.4. The van der Waals surface area contributed by atoms with E-state index in [1.165, 1.54) is 30.6 Å². The van der Waals surface area contributed by atoms with E-state index >= 15 is 0 Å². The van der Waals surface area contributed by atoms with Crippen LogP contribution < -0.4 is 20.7 Å². The lowest BCUT2D eigenvalue weighted by atomic mass is 10.1. The summed E-state index contributed by atoms with van der Waals surface area (Å²) >= 11 is 0. The normalized spacial score (nSPS) is 13.3. The number of benzene rings is 1. The van der Waals surface area contributed by atoms with E-state index in [2.05, 4.69) is 30.7 Å². The number of aromatic nitrogens is 3. The lowest BCUT2D eigenvalue weighted by molar-refractivity contribution is -0.384. The van der Waals surface area contributed by atoms with E-state index in [1.807, 2.05) is 18.2 Å². The zero-order chi connectivity index (χ0) is 24.8. The molecule has 0 spiro atoms. The fourth-order valence-electron chi connectivity index (χ4n) is 3.64. The average molecular weight is 479 g/mol. The highest BCUT2D eigenvalue weighted by Crippen LogP contribution is 2.32. The maximum Gasteiger partial charge on any atom is 0.355 e. The van der Waals surface area contributed by atoms with Crippen molar-refractivity contribution in [2.75, 3.05) is 41.4 Å². The summed E-state index contributed by atoms with van der Waals surface area (Å²) in [6.45, 7) is 2.18. The first kappa shape index (κ1) is 23.3. The molecular formula is C21H21N9O5. The van der Waals surface area contributed by atoms with Crippen molar-refractivity contribution in [3.63, 3.8) is 0 Å². The van der Waals surface area contributed by atoms with E-state index in [0.717, 1.165) is 5.82 Å². The minimum Gasteiger partial charge on any atom is -0.353 e. The highest BCUT2D eigenvalue weighted by Gasteiger charge is 2.29. The molecule has 1 saturated heterocycles. The van der Waals surface area contributed by atoms with Gasteiger partial charge in [-0.3, -0.25) is 35.9 Å². The number of anilines is 3. The third-order valence-corrected chi connectivity index (χ3v) is 5.37. The predicted octanol–water partition coefficient (Wildman–Crippen LogP) is 1.70. The van der Waals surface area contributed by atoms with Gasteiger partial charge in [0.05, 0.1) is 16.3 Å². The van der Waals surface area contributed by atoms with Gasteiger partial charge in [-0.1, -0.05) is 18.2 Å². The van der Waals surface area contributed by atoms with Gasteiger partial charge in [-0.15, -0.1) is 0 Å². The van der Waals surface area contributed by atoms with Gasteiger partial charge in [-0.2, -0.15) is 0 Å². The molecule has 1 aliphatic heterocycles. The zero-order valence-electron chi connectivity index (χ0n) is 18.4. The molecule has 180 valence electrons. The predicted molar refractivity (Wildman–Crippen MR) is 126 cm³/mol. The number of hydrogen-bond acceptors (Lipinski definition) is 11. The molecule has 1 aliphatic rings. The first-order valence-electron chi connectivity index (χ1n) is 10.6. The third-order valence-electron chi connectivity index (χ3n) is 5.37. The molecule has 3 aromatic rings. The monoisotopic (exact) mass is 479 g/mol. The van der Waals surface area contributed by atoms with E-state index in [9.17, 15) is 25.0 Å². The minimum atomic E-state index is -0.592. The maximum absolute atomic E-state index is 12.3. The van der Waals surface area contributed by atoms with Crippen LogP contribution >= 0.6 is 0 Å². The maximum atomic E-state index is 12.3. The molecule has 0 unspecified atom stereocenters. The van der Waals surface area contributed by atoms with Crippen molar-refractivity contribution in [1.82, 2.24) is 20.4 Å². The fraction of sp³-hybridized carbons (Fsp3) is 0.238. The Morgan fingerprint density at radius 1 is 0.914 bits per heavy atom. The summed E-state index contributed by atoms with van der Waals surface area (Å²) in [6, 6.07) is 11.2. The molecule has 0 radical (unpaired) electrons. The standard InChI is InChI=1S/C21H21N9O5/c31-18(13-15-4-6-16(7-5-15)29(32)33)25-26-20-19(30(34)35)21(24-14-23-20)28-11-9-27(10-12-28)17-3-1-2-8-22-17/h1-8,14H,9-13H2,(H,25,31)(H,23,24,26). The average Bonchev–Trinajstić information content (AvgIpc) is 2.88. The second-order valence-electron chi connectivity index (χ2n) is 7.59. The minimum absolute atomic E-state index is 0.0858. The van der Waals surface area contributed by atoms with Gasteiger partial charge in [0, 0.05) is 44.5 Å². The molecule has 0 aliphatic carbocycles. The van der Waals surface area contributed by atoms with E-state index in [-0.39, 0.29) is 29.4 Å². The summed E-state index contributed by atoms with van der Waals surface area (Å²) in [5.41, 5.74) is 5.00.